The maximum atomic E-state index is 11.9. The van der Waals surface area contributed by atoms with E-state index in [2.05, 4.69) is 5.32 Å². The zero-order chi connectivity index (χ0) is 15.4. The van der Waals surface area contributed by atoms with Crippen LogP contribution in [-0.2, 0) is 11.2 Å². The Bertz CT molecular complexity index is 700. The molecule has 2 aromatic rings. The van der Waals surface area contributed by atoms with Crippen molar-refractivity contribution in [2.75, 3.05) is 5.32 Å². The van der Waals surface area contributed by atoms with Gasteiger partial charge in [0.25, 0.3) is 0 Å². The van der Waals surface area contributed by atoms with Gasteiger partial charge in [-0.15, -0.1) is 0 Å². The third kappa shape index (κ3) is 3.97. The molecule has 0 unspecified atom stereocenters. The largest absolute Gasteiger partial charge is 0.508 e. The van der Waals surface area contributed by atoms with Crippen molar-refractivity contribution in [1.82, 2.24) is 0 Å². The number of hydrogen-bond acceptors (Lipinski definition) is 3. The number of hydrogen-bond donors (Lipinski definition) is 3. The van der Waals surface area contributed by atoms with Crippen LogP contribution in [0.15, 0.2) is 42.5 Å². The van der Waals surface area contributed by atoms with Gasteiger partial charge in [-0.05, 0) is 36.4 Å². The van der Waals surface area contributed by atoms with Crippen LogP contribution in [0.25, 0.3) is 0 Å². The predicted octanol–water partition coefficient (Wildman–Crippen LogP) is 2.92. The highest BCUT2D eigenvalue weighted by molar-refractivity contribution is 6.30. The van der Waals surface area contributed by atoms with Gasteiger partial charge in [-0.2, -0.15) is 0 Å². The van der Waals surface area contributed by atoms with Gasteiger partial charge < -0.3 is 15.5 Å². The predicted molar refractivity (Wildman–Crippen MR) is 78.9 cm³/mol. The number of anilines is 1. The number of phenolic OH excluding ortho intramolecular Hbond substituents is 1. The Labute approximate surface area is 125 Å². The van der Waals surface area contributed by atoms with Gasteiger partial charge in [0.05, 0.1) is 12.0 Å². The van der Waals surface area contributed by atoms with Crippen molar-refractivity contribution in [2.24, 2.45) is 0 Å². The normalized spacial score (nSPS) is 10.1. The highest BCUT2D eigenvalue weighted by atomic mass is 35.5. The highest BCUT2D eigenvalue weighted by Gasteiger charge is 2.10. The van der Waals surface area contributed by atoms with Gasteiger partial charge in [0.2, 0.25) is 5.91 Å². The molecule has 0 aliphatic carbocycles. The number of carbonyl (C=O) groups excluding carboxylic acids is 1. The Morgan fingerprint density at radius 1 is 1.14 bits per heavy atom. The molecule has 0 radical (unpaired) electrons. The second-order valence-corrected chi connectivity index (χ2v) is 4.82. The van der Waals surface area contributed by atoms with Crippen LogP contribution >= 0.6 is 11.6 Å². The number of carbonyl (C=O) groups is 2. The number of benzene rings is 2. The molecular formula is C15H12ClNO4. The summed E-state index contributed by atoms with van der Waals surface area (Å²) < 4.78 is 0. The maximum Gasteiger partial charge on any atom is 0.335 e. The Morgan fingerprint density at radius 2 is 1.90 bits per heavy atom. The molecule has 21 heavy (non-hydrogen) atoms. The second-order valence-electron chi connectivity index (χ2n) is 4.38. The smallest absolute Gasteiger partial charge is 0.335 e. The third-order valence-corrected chi connectivity index (χ3v) is 3.02. The summed E-state index contributed by atoms with van der Waals surface area (Å²) in [7, 11) is 0. The molecule has 0 heterocycles. The molecule has 2 rings (SSSR count). The summed E-state index contributed by atoms with van der Waals surface area (Å²) in [4.78, 5) is 22.8. The first-order valence-corrected chi connectivity index (χ1v) is 6.44. The Kier molecular flexibility index (Phi) is 4.45. The number of phenols is 1. The van der Waals surface area contributed by atoms with E-state index < -0.39 is 5.97 Å². The SMILES string of the molecule is O=C(Cc1cc(Cl)ccc1O)Nc1cccc(C(=O)O)c1. The van der Waals surface area contributed by atoms with E-state index in [4.69, 9.17) is 16.7 Å². The highest BCUT2D eigenvalue weighted by Crippen LogP contribution is 2.22. The molecule has 6 heteroatoms. The first-order chi connectivity index (χ1) is 9.95. The molecule has 0 aliphatic heterocycles. The van der Waals surface area contributed by atoms with E-state index in [1.165, 1.54) is 36.4 Å². The minimum absolute atomic E-state index is 0.0196. The first kappa shape index (κ1) is 14.9. The van der Waals surface area contributed by atoms with Crippen LogP contribution in [-0.4, -0.2) is 22.1 Å². The molecule has 0 saturated carbocycles. The standard InChI is InChI=1S/C15H12ClNO4/c16-11-4-5-13(18)10(6-11)8-14(19)17-12-3-1-2-9(7-12)15(20)21/h1-7,18H,8H2,(H,17,19)(H,20,21). The van der Waals surface area contributed by atoms with Crippen LogP contribution in [0.3, 0.4) is 0 Å². The number of aromatic hydroxyl groups is 1. The lowest BCUT2D eigenvalue weighted by atomic mass is 10.1. The number of amides is 1. The molecular weight excluding hydrogens is 294 g/mol. The van der Waals surface area contributed by atoms with Crippen molar-refractivity contribution >= 4 is 29.2 Å². The van der Waals surface area contributed by atoms with Crippen molar-refractivity contribution in [3.05, 3.63) is 58.6 Å². The van der Waals surface area contributed by atoms with E-state index in [0.717, 1.165) is 0 Å². The van der Waals surface area contributed by atoms with Crippen molar-refractivity contribution in [3.63, 3.8) is 0 Å². The molecule has 108 valence electrons. The minimum Gasteiger partial charge on any atom is -0.508 e. The van der Waals surface area contributed by atoms with Crippen LogP contribution < -0.4 is 5.32 Å². The summed E-state index contributed by atoms with van der Waals surface area (Å²) >= 11 is 5.81. The lowest BCUT2D eigenvalue weighted by Crippen LogP contribution is -2.14. The summed E-state index contributed by atoms with van der Waals surface area (Å²) in [6.07, 6.45) is -0.0658. The summed E-state index contributed by atoms with van der Waals surface area (Å²) in [5.74, 6) is -1.47. The quantitative estimate of drug-likeness (QED) is 0.810. The van der Waals surface area contributed by atoms with Crippen LogP contribution in [0.1, 0.15) is 15.9 Å². The van der Waals surface area contributed by atoms with Gasteiger partial charge in [0.1, 0.15) is 5.75 Å². The molecule has 0 saturated heterocycles. The summed E-state index contributed by atoms with van der Waals surface area (Å²) in [5.41, 5.74) is 0.856. The lowest BCUT2D eigenvalue weighted by Gasteiger charge is -2.07. The molecule has 5 nitrogen and oxygen atoms in total. The number of carboxylic acids is 1. The van der Waals surface area contributed by atoms with Gasteiger partial charge in [0, 0.05) is 16.3 Å². The number of carboxylic acid groups (broad SMARTS) is 1. The van der Waals surface area contributed by atoms with Gasteiger partial charge in [-0.1, -0.05) is 17.7 Å². The van der Waals surface area contributed by atoms with Crippen LogP contribution in [0, 0.1) is 0 Å². The lowest BCUT2D eigenvalue weighted by molar-refractivity contribution is -0.115. The molecule has 0 bridgehead atoms. The maximum absolute atomic E-state index is 11.9. The number of halogens is 1. The monoisotopic (exact) mass is 305 g/mol. The molecule has 0 spiro atoms. The Balaban J connectivity index is 2.10. The molecule has 0 atom stereocenters. The van der Waals surface area contributed by atoms with Crippen LogP contribution in [0.5, 0.6) is 5.75 Å². The number of aromatic carboxylic acids is 1. The van der Waals surface area contributed by atoms with Gasteiger partial charge >= 0.3 is 5.97 Å². The first-order valence-electron chi connectivity index (χ1n) is 6.06. The van der Waals surface area contributed by atoms with Crippen molar-refractivity contribution < 1.29 is 19.8 Å². The van der Waals surface area contributed by atoms with E-state index in [-0.39, 0.29) is 23.6 Å². The Hall–Kier alpha value is -2.53. The second kappa shape index (κ2) is 6.28. The van der Waals surface area contributed by atoms with E-state index in [1.807, 2.05) is 0 Å². The van der Waals surface area contributed by atoms with E-state index >= 15 is 0 Å². The van der Waals surface area contributed by atoms with Gasteiger partial charge in [0.15, 0.2) is 0 Å². The fourth-order valence-corrected chi connectivity index (χ4v) is 2.00. The zero-order valence-electron chi connectivity index (χ0n) is 10.8. The van der Waals surface area contributed by atoms with Crippen molar-refractivity contribution in [2.45, 2.75) is 6.42 Å². The van der Waals surface area contributed by atoms with Crippen molar-refractivity contribution in [1.29, 1.82) is 0 Å². The Morgan fingerprint density at radius 3 is 2.62 bits per heavy atom. The topological polar surface area (TPSA) is 86.6 Å². The van der Waals surface area contributed by atoms with Gasteiger partial charge in [-0.25, -0.2) is 4.79 Å². The number of nitrogens with one attached hydrogen (secondary N) is 1. The molecule has 0 aromatic heterocycles. The fourth-order valence-electron chi connectivity index (χ4n) is 1.80. The summed E-state index contributed by atoms with van der Waals surface area (Å²) in [6.45, 7) is 0. The molecule has 1 amide bonds. The average molecular weight is 306 g/mol. The summed E-state index contributed by atoms with van der Waals surface area (Å²) in [5, 5.41) is 21.5. The summed E-state index contributed by atoms with van der Waals surface area (Å²) in [6, 6.07) is 10.4. The zero-order valence-corrected chi connectivity index (χ0v) is 11.6. The van der Waals surface area contributed by atoms with E-state index in [9.17, 15) is 14.7 Å². The van der Waals surface area contributed by atoms with Crippen LogP contribution in [0.4, 0.5) is 5.69 Å². The average Bonchev–Trinajstić information content (AvgIpc) is 2.43. The molecule has 3 N–H and O–H groups in total. The van der Waals surface area contributed by atoms with Crippen LogP contribution in [0.2, 0.25) is 5.02 Å². The van der Waals surface area contributed by atoms with Crippen molar-refractivity contribution in [3.8, 4) is 5.75 Å². The van der Waals surface area contributed by atoms with E-state index in [1.54, 1.807) is 6.07 Å². The molecule has 0 aliphatic rings. The van der Waals surface area contributed by atoms with Gasteiger partial charge in [-0.3, -0.25) is 4.79 Å². The molecule has 2 aromatic carbocycles. The minimum atomic E-state index is -1.07. The molecule has 0 fully saturated rings. The number of rotatable bonds is 4. The third-order valence-electron chi connectivity index (χ3n) is 2.79. The van der Waals surface area contributed by atoms with E-state index in [0.29, 0.717) is 16.3 Å². The fraction of sp³-hybridized carbons (Fsp3) is 0.0667.